The summed E-state index contributed by atoms with van der Waals surface area (Å²) in [6.07, 6.45) is 3.98. The molecule has 0 fully saturated rings. The fourth-order valence-corrected chi connectivity index (χ4v) is 1.58. The zero-order chi connectivity index (χ0) is 10.1. The molecule has 0 bridgehead atoms. The Morgan fingerprint density at radius 3 is 2.77 bits per heavy atom. The lowest BCUT2D eigenvalue weighted by molar-refractivity contribution is -0.143. The lowest BCUT2D eigenvalue weighted by Gasteiger charge is -2.14. The van der Waals surface area contributed by atoms with Crippen LogP contribution in [0.15, 0.2) is 0 Å². The van der Waals surface area contributed by atoms with Gasteiger partial charge in [0, 0.05) is 0 Å². The number of carbonyl (C=O) groups is 1. The number of rotatable bonds is 7. The van der Waals surface area contributed by atoms with E-state index in [0.717, 1.165) is 25.1 Å². The van der Waals surface area contributed by atoms with Crippen LogP contribution in [0.1, 0.15) is 19.8 Å². The molecule has 0 aliphatic rings. The molecular formula is C9H19NO2S. The number of esters is 1. The van der Waals surface area contributed by atoms with E-state index in [1.54, 1.807) is 11.8 Å². The first-order chi connectivity index (χ1) is 6.26. The van der Waals surface area contributed by atoms with Crippen molar-refractivity contribution in [1.82, 2.24) is 5.32 Å². The summed E-state index contributed by atoms with van der Waals surface area (Å²) in [5.41, 5.74) is 0. The van der Waals surface area contributed by atoms with Crippen molar-refractivity contribution in [2.24, 2.45) is 0 Å². The molecule has 0 rings (SSSR count). The molecule has 0 heterocycles. The van der Waals surface area contributed by atoms with Gasteiger partial charge in [-0.2, -0.15) is 11.8 Å². The summed E-state index contributed by atoms with van der Waals surface area (Å²) in [6.45, 7) is 2.80. The fraction of sp³-hybridized carbons (Fsp3) is 0.889. The molecule has 1 atom stereocenters. The van der Waals surface area contributed by atoms with Crippen molar-refractivity contribution in [3.8, 4) is 0 Å². The lowest BCUT2D eigenvalue weighted by Crippen LogP contribution is -2.37. The Morgan fingerprint density at radius 2 is 2.31 bits per heavy atom. The minimum absolute atomic E-state index is 0.123. The first kappa shape index (κ1) is 12.8. The molecule has 78 valence electrons. The van der Waals surface area contributed by atoms with E-state index < -0.39 is 0 Å². The van der Waals surface area contributed by atoms with Crippen LogP contribution in [-0.4, -0.2) is 37.7 Å². The van der Waals surface area contributed by atoms with E-state index in [1.165, 1.54) is 7.11 Å². The SMILES string of the molecule is CCNC(CCCSC)C(=O)OC. The average Bonchev–Trinajstić information content (AvgIpc) is 2.16. The van der Waals surface area contributed by atoms with E-state index in [4.69, 9.17) is 0 Å². The van der Waals surface area contributed by atoms with E-state index in [2.05, 4.69) is 16.3 Å². The Hall–Kier alpha value is -0.220. The van der Waals surface area contributed by atoms with E-state index in [1.807, 2.05) is 6.92 Å². The van der Waals surface area contributed by atoms with E-state index in [0.29, 0.717) is 0 Å². The van der Waals surface area contributed by atoms with Crippen LogP contribution in [0.25, 0.3) is 0 Å². The first-order valence-electron chi connectivity index (χ1n) is 4.56. The summed E-state index contributed by atoms with van der Waals surface area (Å²) in [4.78, 5) is 11.2. The maximum Gasteiger partial charge on any atom is 0.322 e. The van der Waals surface area contributed by atoms with Gasteiger partial charge in [0.1, 0.15) is 6.04 Å². The summed E-state index contributed by atoms with van der Waals surface area (Å²) < 4.78 is 4.69. The van der Waals surface area contributed by atoms with Crippen LogP contribution in [-0.2, 0) is 9.53 Å². The van der Waals surface area contributed by atoms with Gasteiger partial charge in [-0.1, -0.05) is 6.92 Å². The molecule has 13 heavy (non-hydrogen) atoms. The highest BCUT2D eigenvalue weighted by molar-refractivity contribution is 7.98. The maximum atomic E-state index is 11.2. The molecule has 0 aliphatic carbocycles. The Labute approximate surface area is 84.6 Å². The Kier molecular flexibility index (Phi) is 8.24. The fourth-order valence-electron chi connectivity index (χ4n) is 1.12. The summed E-state index contributed by atoms with van der Waals surface area (Å²) in [7, 11) is 1.43. The number of carbonyl (C=O) groups excluding carboxylic acids is 1. The lowest BCUT2D eigenvalue weighted by atomic mass is 10.2. The number of hydrogen-bond donors (Lipinski definition) is 1. The van der Waals surface area contributed by atoms with Crippen LogP contribution in [0, 0.1) is 0 Å². The molecule has 0 aromatic rings. The van der Waals surface area contributed by atoms with Crippen LogP contribution in [0.3, 0.4) is 0 Å². The van der Waals surface area contributed by atoms with Gasteiger partial charge >= 0.3 is 5.97 Å². The smallest absolute Gasteiger partial charge is 0.322 e. The molecule has 1 unspecified atom stereocenters. The van der Waals surface area contributed by atoms with Crippen LogP contribution in [0.5, 0.6) is 0 Å². The maximum absolute atomic E-state index is 11.2. The summed E-state index contributed by atoms with van der Waals surface area (Å²) in [5, 5.41) is 3.11. The zero-order valence-corrected chi connectivity index (χ0v) is 9.45. The van der Waals surface area contributed by atoms with Crippen LogP contribution >= 0.6 is 11.8 Å². The number of thioether (sulfide) groups is 1. The summed E-state index contributed by atoms with van der Waals surface area (Å²) in [5.74, 6) is 0.946. The molecule has 0 spiro atoms. The number of ether oxygens (including phenoxy) is 1. The van der Waals surface area contributed by atoms with Crippen molar-refractivity contribution >= 4 is 17.7 Å². The van der Waals surface area contributed by atoms with Crippen molar-refractivity contribution < 1.29 is 9.53 Å². The number of likely N-dealkylation sites (N-methyl/N-ethyl adjacent to an activating group) is 1. The molecule has 0 aromatic carbocycles. The molecule has 0 saturated heterocycles. The molecule has 0 saturated carbocycles. The van der Waals surface area contributed by atoms with E-state index in [-0.39, 0.29) is 12.0 Å². The largest absolute Gasteiger partial charge is 0.468 e. The molecule has 0 amide bonds. The molecule has 0 radical (unpaired) electrons. The summed E-state index contributed by atoms with van der Waals surface area (Å²) >= 11 is 1.80. The molecule has 1 N–H and O–H groups in total. The minimum Gasteiger partial charge on any atom is -0.468 e. The van der Waals surface area contributed by atoms with Gasteiger partial charge in [0.15, 0.2) is 0 Å². The van der Waals surface area contributed by atoms with Gasteiger partial charge in [-0.3, -0.25) is 4.79 Å². The average molecular weight is 205 g/mol. The minimum atomic E-state index is -0.150. The Morgan fingerprint density at radius 1 is 1.62 bits per heavy atom. The van der Waals surface area contributed by atoms with Gasteiger partial charge in [0.05, 0.1) is 7.11 Å². The van der Waals surface area contributed by atoms with Gasteiger partial charge in [0.2, 0.25) is 0 Å². The number of hydrogen-bond acceptors (Lipinski definition) is 4. The molecule has 3 nitrogen and oxygen atoms in total. The second-order valence-electron chi connectivity index (χ2n) is 2.77. The topological polar surface area (TPSA) is 38.3 Å². The molecular weight excluding hydrogens is 186 g/mol. The first-order valence-corrected chi connectivity index (χ1v) is 5.95. The van der Waals surface area contributed by atoms with Crippen molar-refractivity contribution in [3.05, 3.63) is 0 Å². The quantitative estimate of drug-likeness (QED) is 0.502. The van der Waals surface area contributed by atoms with Gasteiger partial charge in [-0.25, -0.2) is 0 Å². The standard InChI is InChI=1S/C9H19NO2S/c1-4-10-8(9(11)12-2)6-5-7-13-3/h8,10H,4-7H2,1-3H3. The van der Waals surface area contributed by atoms with Crippen molar-refractivity contribution in [1.29, 1.82) is 0 Å². The molecule has 0 aliphatic heterocycles. The second-order valence-corrected chi connectivity index (χ2v) is 3.75. The van der Waals surface area contributed by atoms with Gasteiger partial charge < -0.3 is 10.1 Å². The molecule has 4 heteroatoms. The highest BCUT2D eigenvalue weighted by Gasteiger charge is 2.16. The van der Waals surface area contributed by atoms with Crippen molar-refractivity contribution in [3.63, 3.8) is 0 Å². The second kappa shape index (κ2) is 8.38. The Balaban J connectivity index is 3.73. The van der Waals surface area contributed by atoms with Crippen molar-refractivity contribution in [2.75, 3.05) is 25.7 Å². The van der Waals surface area contributed by atoms with Crippen LogP contribution in [0.4, 0.5) is 0 Å². The third-order valence-electron chi connectivity index (χ3n) is 1.78. The molecule has 0 aromatic heterocycles. The van der Waals surface area contributed by atoms with Crippen LogP contribution < -0.4 is 5.32 Å². The van der Waals surface area contributed by atoms with Gasteiger partial charge in [0.25, 0.3) is 0 Å². The summed E-state index contributed by atoms with van der Waals surface area (Å²) in [6, 6.07) is -0.123. The highest BCUT2D eigenvalue weighted by Crippen LogP contribution is 2.04. The van der Waals surface area contributed by atoms with Gasteiger partial charge in [-0.05, 0) is 31.4 Å². The van der Waals surface area contributed by atoms with E-state index in [9.17, 15) is 4.79 Å². The highest BCUT2D eigenvalue weighted by atomic mass is 32.2. The number of nitrogens with one attached hydrogen (secondary N) is 1. The predicted octanol–water partition coefficient (Wildman–Crippen LogP) is 1.28. The van der Waals surface area contributed by atoms with Crippen LogP contribution in [0.2, 0.25) is 0 Å². The van der Waals surface area contributed by atoms with Crippen molar-refractivity contribution in [2.45, 2.75) is 25.8 Å². The number of methoxy groups -OCH3 is 1. The zero-order valence-electron chi connectivity index (χ0n) is 8.63. The van der Waals surface area contributed by atoms with Gasteiger partial charge in [-0.15, -0.1) is 0 Å². The Bertz CT molecular complexity index is 142. The monoisotopic (exact) mass is 205 g/mol. The predicted molar refractivity (Wildman–Crippen MR) is 57.1 cm³/mol. The normalized spacial score (nSPS) is 12.5. The third-order valence-corrected chi connectivity index (χ3v) is 2.47. The van der Waals surface area contributed by atoms with E-state index >= 15 is 0 Å². The third kappa shape index (κ3) is 5.93.